The van der Waals surface area contributed by atoms with E-state index in [1.165, 1.54) is 0 Å². The van der Waals surface area contributed by atoms with Crippen molar-refractivity contribution < 1.29 is 9.90 Å². The molecule has 0 aliphatic carbocycles. The van der Waals surface area contributed by atoms with E-state index >= 15 is 0 Å². The van der Waals surface area contributed by atoms with Crippen LogP contribution in [0.3, 0.4) is 0 Å². The van der Waals surface area contributed by atoms with Gasteiger partial charge in [-0.3, -0.25) is 0 Å². The van der Waals surface area contributed by atoms with Gasteiger partial charge in [-0.1, -0.05) is 18.2 Å². The van der Waals surface area contributed by atoms with Gasteiger partial charge in [0.15, 0.2) is 0 Å². The number of benzene rings is 1. The Balaban J connectivity index is 1.60. The number of carbonyl (C=O) groups excluding carboxylic acids is 1. The van der Waals surface area contributed by atoms with E-state index in [-0.39, 0.29) is 6.03 Å². The molecule has 0 aromatic heterocycles. The highest BCUT2D eigenvalue weighted by atomic mass is 16.3. The number of anilines is 1. The number of carbonyl (C=O) groups is 1. The van der Waals surface area contributed by atoms with Gasteiger partial charge >= 0.3 is 6.03 Å². The second kappa shape index (κ2) is 7.87. The Bertz CT molecular complexity index is 403. The molecule has 110 valence electrons. The summed E-state index contributed by atoms with van der Waals surface area (Å²) in [7, 11) is 0. The number of likely N-dealkylation sites (tertiary alicyclic amines) is 1. The number of rotatable bonds is 5. The fourth-order valence-corrected chi connectivity index (χ4v) is 2.42. The molecule has 5 nitrogen and oxygen atoms in total. The van der Waals surface area contributed by atoms with Crippen LogP contribution in [0.15, 0.2) is 30.3 Å². The average Bonchev–Trinajstić information content (AvgIpc) is 2.49. The number of nitrogens with one attached hydrogen (secondary N) is 2. The first-order chi connectivity index (χ1) is 9.78. The molecule has 0 unspecified atom stereocenters. The maximum Gasteiger partial charge on any atom is 0.319 e. The molecule has 0 atom stereocenters. The van der Waals surface area contributed by atoms with Crippen LogP contribution in [-0.2, 0) is 0 Å². The van der Waals surface area contributed by atoms with Gasteiger partial charge in [-0.05, 0) is 44.0 Å². The predicted molar refractivity (Wildman–Crippen MR) is 79.7 cm³/mol. The first-order valence-corrected chi connectivity index (χ1v) is 7.21. The zero-order valence-corrected chi connectivity index (χ0v) is 11.7. The molecule has 0 saturated carbocycles. The minimum Gasteiger partial charge on any atom is -0.396 e. The number of hydrogen-bond acceptors (Lipinski definition) is 3. The lowest BCUT2D eigenvalue weighted by Gasteiger charge is -2.30. The SMILES string of the molecule is O=C(NCCN1CCC(CO)CC1)Nc1ccccc1. The summed E-state index contributed by atoms with van der Waals surface area (Å²) in [6.07, 6.45) is 2.10. The van der Waals surface area contributed by atoms with E-state index in [0.717, 1.165) is 38.2 Å². The lowest BCUT2D eigenvalue weighted by Crippen LogP contribution is -2.41. The maximum atomic E-state index is 11.7. The molecule has 1 heterocycles. The van der Waals surface area contributed by atoms with Crippen molar-refractivity contribution in [1.29, 1.82) is 0 Å². The fourth-order valence-electron chi connectivity index (χ4n) is 2.42. The van der Waals surface area contributed by atoms with Gasteiger partial charge in [0, 0.05) is 25.4 Å². The van der Waals surface area contributed by atoms with E-state index in [1.54, 1.807) is 0 Å². The lowest BCUT2D eigenvalue weighted by atomic mass is 9.98. The van der Waals surface area contributed by atoms with Crippen LogP contribution >= 0.6 is 0 Å². The number of hydrogen-bond donors (Lipinski definition) is 3. The Kier molecular flexibility index (Phi) is 5.83. The average molecular weight is 277 g/mol. The maximum absolute atomic E-state index is 11.7. The van der Waals surface area contributed by atoms with Crippen LogP contribution in [0.25, 0.3) is 0 Å². The summed E-state index contributed by atoms with van der Waals surface area (Å²) < 4.78 is 0. The van der Waals surface area contributed by atoms with E-state index < -0.39 is 0 Å². The first-order valence-electron chi connectivity index (χ1n) is 7.21. The molecule has 1 aromatic rings. The van der Waals surface area contributed by atoms with Crippen molar-refractivity contribution in [2.45, 2.75) is 12.8 Å². The number of para-hydroxylation sites is 1. The van der Waals surface area contributed by atoms with Gasteiger partial charge in [-0.15, -0.1) is 0 Å². The molecule has 2 rings (SSSR count). The lowest BCUT2D eigenvalue weighted by molar-refractivity contribution is 0.132. The number of urea groups is 1. The second-order valence-corrected chi connectivity index (χ2v) is 5.21. The van der Waals surface area contributed by atoms with Crippen molar-refractivity contribution in [1.82, 2.24) is 10.2 Å². The molecule has 0 bridgehead atoms. The van der Waals surface area contributed by atoms with Crippen LogP contribution in [0.1, 0.15) is 12.8 Å². The third-order valence-corrected chi connectivity index (χ3v) is 3.71. The zero-order valence-electron chi connectivity index (χ0n) is 11.7. The second-order valence-electron chi connectivity index (χ2n) is 5.21. The van der Waals surface area contributed by atoms with Crippen LogP contribution in [0, 0.1) is 5.92 Å². The molecule has 1 aliphatic heterocycles. The summed E-state index contributed by atoms with van der Waals surface area (Å²) in [4.78, 5) is 14.0. The minimum atomic E-state index is -0.165. The van der Waals surface area contributed by atoms with Crippen molar-refractivity contribution in [2.24, 2.45) is 5.92 Å². The van der Waals surface area contributed by atoms with Crippen LogP contribution < -0.4 is 10.6 Å². The van der Waals surface area contributed by atoms with Gasteiger partial charge in [0.05, 0.1) is 0 Å². The normalized spacial score (nSPS) is 16.9. The summed E-state index contributed by atoms with van der Waals surface area (Å²) in [6, 6.07) is 9.25. The minimum absolute atomic E-state index is 0.165. The summed E-state index contributed by atoms with van der Waals surface area (Å²) >= 11 is 0. The summed E-state index contributed by atoms with van der Waals surface area (Å²) in [5.74, 6) is 0.459. The Hall–Kier alpha value is -1.59. The van der Waals surface area contributed by atoms with E-state index in [1.807, 2.05) is 30.3 Å². The van der Waals surface area contributed by atoms with Gasteiger partial charge in [-0.2, -0.15) is 0 Å². The van der Waals surface area contributed by atoms with Gasteiger partial charge in [0.1, 0.15) is 0 Å². The van der Waals surface area contributed by atoms with Crippen molar-refractivity contribution in [3.8, 4) is 0 Å². The number of aliphatic hydroxyl groups excluding tert-OH is 1. The molecular formula is C15H23N3O2. The Morgan fingerprint density at radius 3 is 2.60 bits per heavy atom. The standard InChI is InChI=1S/C15H23N3O2/c19-12-13-6-9-18(10-7-13)11-8-16-15(20)17-14-4-2-1-3-5-14/h1-5,13,19H,6-12H2,(H2,16,17,20). The van der Waals surface area contributed by atoms with Gasteiger partial charge < -0.3 is 20.6 Å². The highest BCUT2D eigenvalue weighted by molar-refractivity contribution is 5.89. The molecule has 2 amide bonds. The molecule has 1 fully saturated rings. The molecule has 1 aliphatic rings. The van der Waals surface area contributed by atoms with Crippen LogP contribution in [-0.4, -0.2) is 48.8 Å². The molecular weight excluding hydrogens is 254 g/mol. The number of nitrogens with zero attached hydrogens (tertiary/aromatic N) is 1. The Labute approximate surface area is 120 Å². The van der Waals surface area contributed by atoms with Crippen molar-refractivity contribution in [3.63, 3.8) is 0 Å². The van der Waals surface area contributed by atoms with E-state index in [4.69, 9.17) is 5.11 Å². The zero-order chi connectivity index (χ0) is 14.2. The van der Waals surface area contributed by atoms with Crippen molar-refractivity contribution in [2.75, 3.05) is 38.1 Å². The summed E-state index contributed by atoms with van der Waals surface area (Å²) in [5.41, 5.74) is 0.800. The predicted octanol–water partition coefficient (Wildman–Crippen LogP) is 1.51. The van der Waals surface area contributed by atoms with E-state index in [2.05, 4.69) is 15.5 Å². The smallest absolute Gasteiger partial charge is 0.319 e. The van der Waals surface area contributed by atoms with Gasteiger partial charge in [0.2, 0.25) is 0 Å². The van der Waals surface area contributed by atoms with Crippen LogP contribution in [0.5, 0.6) is 0 Å². The summed E-state index contributed by atoms with van der Waals surface area (Å²) in [6.45, 7) is 3.81. The highest BCUT2D eigenvalue weighted by Gasteiger charge is 2.17. The first kappa shape index (κ1) is 14.8. The van der Waals surface area contributed by atoms with Crippen LogP contribution in [0.4, 0.5) is 10.5 Å². The Morgan fingerprint density at radius 1 is 1.25 bits per heavy atom. The van der Waals surface area contributed by atoms with Gasteiger partial charge in [-0.25, -0.2) is 4.79 Å². The number of piperidine rings is 1. The molecule has 0 spiro atoms. The van der Waals surface area contributed by atoms with Crippen LogP contribution in [0.2, 0.25) is 0 Å². The van der Waals surface area contributed by atoms with Crippen molar-refractivity contribution >= 4 is 11.7 Å². The largest absolute Gasteiger partial charge is 0.396 e. The number of aliphatic hydroxyl groups is 1. The number of amides is 2. The molecule has 0 radical (unpaired) electrons. The highest BCUT2D eigenvalue weighted by Crippen LogP contribution is 2.15. The third-order valence-electron chi connectivity index (χ3n) is 3.71. The molecule has 3 N–H and O–H groups in total. The quantitative estimate of drug-likeness (QED) is 0.764. The van der Waals surface area contributed by atoms with Crippen molar-refractivity contribution in [3.05, 3.63) is 30.3 Å². The Morgan fingerprint density at radius 2 is 1.95 bits per heavy atom. The topological polar surface area (TPSA) is 64.6 Å². The van der Waals surface area contributed by atoms with E-state index in [9.17, 15) is 4.79 Å². The molecule has 1 saturated heterocycles. The van der Waals surface area contributed by atoms with Gasteiger partial charge in [0.25, 0.3) is 0 Å². The molecule has 20 heavy (non-hydrogen) atoms. The molecule has 5 heteroatoms. The fraction of sp³-hybridized carbons (Fsp3) is 0.533. The molecule has 1 aromatic carbocycles. The summed E-state index contributed by atoms with van der Waals surface area (Å²) in [5, 5.41) is 14.7. The monoisotopic (exact) mass is 277 g/mol. The third kappa shape index (κ3) is 4.83. The van der Waals surface area contributed by atoms with E-state index in [0.29, 0.717) is 19.1 Å².